The van der Waals surface area contributed by atoms with Crippen LogP contribution < -0.4 is 28.5 Å². The Hall–Kier alpha value is -4.30. The number of thiol groups is 1. The minimum absolute atomic E-state index is 0.0380. The van der Waals surface area contributed by atoms with Crippen molar-refractivity contribution < 1.29 is 74.8 Å². The Labute approximate surface area is 400 Å². The first-order valence-corrected chi connectivity index (χ1v) is 26.6. The summed E-state index contributed by atoms with van der Waals surface area (Å²) in [6, 6.07) is 1.35. The number of nitrogens with two attached hydrogens (primary N) is 3. The third-order valence-electron chi connectivity index (χ3n) is 11.2. The van der Waals surface area contributed by atoms with E-state index in [0.717, 1.165) is 23.8 Å². The van der Waals surface area contributed by atoms with Gasteiger partial charge in [-0.3, -0.25) is 50.6 Å². The van der Waals surface area contributed by atoms with Crippen molar-refractivity contribution in [3.05, 3.63) is 52.1 Å². The number of nitrogens with one attached hydrogen (secondary N) is 1. The van der Waals surface area contributed by atoms with Gasteiger partial charge in [-0.15, -0.1) is 0 Å². The second kappa shape index (κ2) is 21.8. The molecule has 3 aliphatic heterocycles. The third kappa shape index (κ3) is 12.5. The summed E-state index contributed by atoms with van der Waals surface area (Å²) in [4.78, 5) is 84.1. The molecule has 0 aliphatic carbocycles. The van der Waals surface area contributed by atoms with E-state index in [2.05, 4.69) is 47.5 Å². The van der Waals surface area contributed by atoms with Crippen molar-refractivity contribution in [1.82, 2.24) is 48.6 Å². The van der Waals surface area contributed by atoms with E-state index in [1.54, 1.807) is 0 Å². The molecular weight excluding hydrogens is 1020 g/mol. The summed E-state index contributed by atoms with van der Waals surface area (Å²) in [6.45, 7) is -2.33. The van der Waals surface area contributed by atoms with Crippen LogP contribution in [0.4, 0.5) is 17.6 Å². The number of nitrogens with zero attached hydrogens (tertiary/aromatic N) is 9. The van der Waals surface area contributed by atoms with Crippen LogP contribution in [-0.4, -0.2) is 137 Å². The second-order valence-electron chi connectivity index (χ2n) is 16.1. The van der Waals surface area contributed by atoms with E-state index < -0.39 is 110 Å². The summed E-state index contributed by atoms with van der Waals surface area (Å²) < 4.78 is 94.2. The summed E-state index contributed by atoms with van der Waals surface area (Å²) in [5, 5.41) is 10.7. The molecule has 12 atom stereocenters. The summed E-state index contributed by atoms with van der Waals surface area (Å²) in [5.74, 6) is 0.460. The maximum atomic E-state index is 13.8. The summed E-state index contributed by atoms with van der Waals surface area (Å²) >= 11 is 4.17. The Morgan fingerprint density at radius 1 is 0.700 bits per heavy atom. The number of phosphoric acid groups is 3. The number of ether oxygens (including phenoxy) is 3. The van der Waals surface area contributed by atoms with Gasteiger partial charge in [-0.25, -0.2) is 38.4 Å². The minimum atomic E-state index is -5.21. The molecule has 0 bridgehead atoms. The van der Waals surface area contributed by atoms with Gasteiger partial charge in [0, 0.05) is 25.5 Å². The molecule has 3 fully saturated rings. The Morgan fingerprint density at radius 2 is 1.27 bits per heavy atom. The van der Waals surface area contributed by atoms with Crippen molar-refractivity contribution in [3.63, 3.8) is 0 Å². The summed E-state index contributed by atoms with van der Waals surface area (Å²) in [7, 11) is -15.0. The van der Waals surface area contributed by atoms with Gasteiger partial charge >= 0.3 is 29.2 Å². The Bertz CT molecular complexity index is 2910. The first-order chi connectivity index (χ1) is 33.3. The van der Waals surface area contributed by atoms with Gasteiger partial charge in [-0.2, -0.15) is 22.6 Å². The number of aliphatic hydroxyl groups is 1. The zero-order valence-electron chi connectivity index (χ0n) is 36.6. The van der Waals surface area contributed by atoms with Crippen molar-refractivity contribution in [3.8, 4) is 0 Å². The van der Waals surface area contributed by atoms with Gasteiger partial charge in [-0.05, 0) is 24.7 Å². The molecule has 70 heavy (non-hydrogen) atoms. The van der Waals surface area contributed by atoms with Crippen LogP contribution in [0.3, 0.4) is 0 Å². The number of aliphatic hydroxyl groups excluding tert-OH is 1. The first kappa shape index (κ1) is 52.0. The van der Waals surface area contributed by atoms with Crippen molar-refractivity contribution in [1.29, 1.82) is 0 Å². The molecule has 3 aliphatic rings. The van der Waals surface area contributed by atoms with Gasteiger partial charge in [0.1, 0.15) is 66.9 Å². The molecule has 384 valence electrons. The lowest BCUT2D eigenvalue weighted by atomic mass is 10.2. The van der Waals surface area contributed by atoms with Crippen LogP contribution in [0.25, 0.3) is 22.3 Å². The number of hydrogen-bond donors (Lipinski definition) is 9. The summed E-state index contributed by atoms with van der Waals surface area (Å²) in [6.07, 6.45) is -4.05. The number of aromatic nitrogens is 10. The van der Waals surface area contributed by atoms with E-state index >= 15 is 0 Å². The molecule has 6 unspecified atom stereocenters. The van der Waals surface area contributed by atoms with Gasteiger partial charge in [-0.1, -0.05) is 12.8 Å². The van der Waals surface area contributed by atoms with Crippen LogP contribution in [0.1, 0.15) is 63.6 Å². The highest BCUT2D eigenvalue weighted by Crippen LogP contribution is 2.53. The van der Waals surface area contributed by atoms with Crippen LogP contribution in [0.2, 0.25) is 0 Å². The standard InChI is InChI=1S/C35H50N13O18P3S/c36-24-5-6-46(35(51)43-24)25-9-18(49)21(62-25)12-60-68(54,55)65-20-11-27(48-17-42-29-32(48)44-34(38)45-33(29)50)64-23(20)14-61-69(56,57)66-19-10-26(47-16-41-28-30(37)39-15-40-31(28)47)63-22(19)13-59-67(52,53)58-7-3-1-2-4-8-70/h5-6,15-23,25-27,49,70H,1-4,7-14H2,(H,52,53)(H,54,55)(H,56,57)(H2,36,43,51)(H2,37,39,40)(H3,38,44,45,50)/t18?,19?,20?,21-,22-,23-,25-,26-,27-/m1/s1. The predicted molar refractivity (Wildman–Crippen MR) is 242 cm³/mol. The maximum Gasteiger partial charge on any atom is 0.472 e. The number of H-pyrrole nitrogens is 1. The Morgan fingerprint density at radius 3 is 1.91 bits per heavy atom. The smallest absolute Gasteiger partial charge is 0.390 e. The molecule has 0 saturated carbocycles. The van der Waals surface area contributed by atoms with Gasteiger partial charge in [0.2, 0.25) is 5.95 Å². The normalized spacial score (nSPS) is 27.5. The topological polar surface area (TPSA) is 435 Å². The number of unbranched alkanes of at least 4 members (excludes halogenated alkanes) is 3. The molecule has 31 nitrogen and oxygen atoms in total. The number of hydrogen-bond acceptors (Lipinski definition) is 25. The summed E-state index contributed by atoms with van der Waals surface area (Å²) in [5.41, 5.74) is 16.2. The number of fused-ring (bicyclic) bond motifs is 2. The largest absolute Gasteiger partial charge is 0.472 e. The van der Waals surface area contributed by atoms with Gasteiger partial charge < -0.3 is 51.2 Å². The number of anilines is 3. The Balaban J connectivity index is 0.963. The van der Waals surface area contributed by atoms with E-state index in [0.29, 0.717) is 12.2 Å². The highest BCUT2D eigenvalue weighted by atomic mass is 32.1. The number of rotatable bonds is 23. The first-order valence-electron chi connectivity index (χ1n) is 21.5. The van der Waals surface area contributed by atoms with Crippen LogP contribution >= 0.6 is 36.1 Å². The highest BCUT2D eigenvalue weighted by Gasteiger charge is 2.47. The molecule has 0 radical (unpaired) electrons. The average molecular weight is 1070 g/mol. The van der Waals surface area contributed by atoms with Gasteiger partial charge in [0.15, 0.2) is 22.6 Å². The average Bonchev–Trinajstić information content (AvgIpc) is 4.14. The zero-order chi connectivity index (χ0) is 50.0. The van der Waals surface area contributed by atoms with Crippen LogP contribution in [-0.2, 0) is 55.0 Å². The fourth-order valence-corrected chi connectivity index (χ4v) is 10.8. The molecular formula is C35H50N13O18P3S. The molecule has 0 aromatic carbocycles. The molecule has 5 aromatic heterocycles. The number of nitrogen functional groups attached to an aromatic ring is 3. The lowest BCUT2D eigenvalue weighted by Gasteiger charge is -2.25. The number of aromatic amines is 1. The lowest BCUT2D eigenvalue weighted by molar-refractivity contribution is -0.0605. The van der Waals surface area contributed by atoms with Crippen molar-refractivity contribution in [2.75, 3.05) is 49.4 Å². The molecule has 35 heteroatoms. The van der Waals surface area contributed by atoms with Crippen LogP contribution in [0.15, 0.2) is 40.8 Å². The Kier molecular flexibility index (Phi) is 16.2. The van der Waals surface area contributed by atoms with E-state index in [9.17, 15) is 43.1 Å². The minimum Gasteiger partial charge on any atom is -0.390 e. The fourth-order valence-electron chi connectivity index (χ4n) is 7.87. The third-order valence-corrected chi connectivity index (χ3v) is 14.6. The van der Waals surface area contributed by atoms with Crippen LogP contribution in [0, 0.1) is 0 Å². The zero-order valence-corrected chi connectivity index (χ0v) is 40.2. The molecule has 3 saturated heterocycles. The molecule has 5 aromatic rings. The van der Waals surface area contributed by atoms with Crippen LogP contribution in [0.5, 0.6) is 0 Å². The van der Waals surface area contributed by atoms with Crippen molar-refractivity contribution in [2.45, 2.75) is 100 Å². The van der Waals surface area contributed by atoms with E-state index in [1.165, 1.54) is 40.4 Å². The highest BCUT2D eigenvalue weighted by molar-refractivity contribution is 7.80. The monoisotopic (exact) mass is 1070 g/mol. The predicted octanol–water partition coefficient (Wildman–Crippen LogP) is 0.815. The number of phosphoric ester groups is 3. The molecule has 8 rings (SSSR count). The molecule has 0 spiro atoms. The van der Waals surface area contributed by atoms with E-state index in [1.807, 2.05) is 0 Å². The lowest BCUT2D eigenvalue weighted by Crippen LogP contribution is -2.31. The SMILES string of the molecule is Nc1ccn([C@H]2CC(O)[C@@H](COP(=O)(O)OC3C[C@H](n4cnc5c(=O)[nH]c(N)nc54)O[C@@H]3COP(=O)(O)OC3C[C@H](n4cnc5c(N)ncnc54)O[C@@H]3COP(=O)(O)OCCCCCCS)O2)c(=O)n1. The number of imidazole rings is 2. The molecule has 8 heterocycles. The second-order valence-corrected chi connectivity index (χ2v) is 20.8. The fraction of sp³-hybridized carbons (Fsp3) is 0.600. The van der Waals surface area contributed by atoms with Gasteiger partial charge in [0.05, 0.1) is 45.2 Å². The quantitative estimate of drug-likeness (QED) is 0.0248. The van der Waals surface area contributed by atoms with E-state index in [4.69, 9.17) is 58.6 Å². The molecule has 11 N–H and O–H groups in total. The maximum absolute atomic E-state index is 13.8. The van der Waals surface area contributed by atoms with Crippen molar-refractivity contribution in [2.24, 2.45) is 0 Å². The molecule has 0 amide bonds. The van der Waals surface area contributed by atoms with Gasteiger partial charge in [0.25, 0.3) is 5.56 Å². The van der Waals surface area contributed by atoms with E-state index in [-0.39, 0.29) is 65.8 Å². The van der Waals surface area contributed by atoms with Crippen molar-refractivity contribution >= 4 is 76.0 Å².